The van der Waals surface area contributed by atoms with Gasteiger partial charge in [0.25, 0.3) is 11.8 Å². The van der Waals surface area contributed by atoms with E-state index < -0.39 is 0 Å². The number of hydrogen-bond acceptors (Lipinski definition) is 11. The molecular weight excluding hydrogens is 466 g/mol. The first-order valence-electron chi connectivity index (χ1n) is 11.8. The molecule has 0 atom stereocenters. The van der Waals surface area contributed by atoms with Gasteiger partial charge in [-0.1, -0.05) is 0 Å². The van der Waals surface area contributed by atoms with Crippen molar-refractivity contribution in [3.05, 3.63) is 12.2 Å². The first-order valence-corrected chi connectivity index (χ1v) is 11.8. The lowest BCUT2D eigenvalue weighted by atomic mass is 10.5. The maximum Gasteiger partial charge on any atom is 0.253 e. The predicted molar refractivity (Wildman–Crippen MR) is 123 cm³/mol. The van der Waals surface area contributed by atoms with Crippen molar-refractivity contribution in [3.8, 4) is 0 Å². The highest BCUT2D eigenvalue weighted by Crippen LogP contribution is 2.02. The Morgan fingerprint density at radius 2 is 0.771 bits per heavy atom. The summed E-state index contributed by atoms with van der Waals surface area (Å²) in [6.45, 7) is 7.46. The fraction of sp³-hybridized carbons (Fsp3) is 0.783. The van der Waals surface area contributed by atoms with E-state index >= 15 is 0 Å². The molecule has 0 fully saturated rings. The van der Waals surface area contributed by atoms with E-state index in [1.54, 1.807) is 0 Å². The molecule has 0 N–H and O–H groups in total. The van der Waals surface area contributed by atoms with Gasteiger partial charge in [0.1, 0.15) is 6.29 Å². The van der Waals surface area contributed by atoms with E-state index in [0.717, 1.165) is 11.2 Å². The van der Waals surface area contributed by atoms with E-state index in [2.05, 4.69) is 0 Å². The van der Waals surface area contributed by atoms with Crippen molar-refractivity contribution in [1.29, 1.82) is 0 Å². The quantitative estimate of drug-likeness (QED) is 0.0824. The number of rotatable bonds is 27. The number of carbonyl (C=O) groups is 3. The second-order valence-corrected chi connectivity index (χ2v) is 7.02. The van der Waals surface area contributed by atoms with Gasteiger partial charge in [-0.05, 0) is 0 Å². The summed E-state index contributed by atoms with van der Waals surface area (Å²) in [5.74, 6) is -0.613. The minimum Gasteiger partial charge on any atom is -0.379 e. The van der Waals surface area contributed by atoms with Gasteiger partial charge in [0, 0.05) is 18.6 Å². The van der Waals surface area contributed by atoms with Crippen molar-refractivity contribution >= 4 is 18.1 Å². The summed E-state index contributed by atoms with van der Waals surface area (Å²) in [5.41, 5.74) is 0. The summed E-state index contributed by atoms with van der Waals surface area (Å²) >= 11 is 0. The molecule has 2 amide bonds. The molecule has 0 aromatic heterocycles. The molecule has 0 saturated carbocycles. The lowest BCUT2D eigenvalue weighted by molar-refractivity contribution is -0.137. The van der Waals surface area contributed by atoms with Gasteiger partial charge in [0.2, 0.25) is 0 Å². The molecule has 12 heteroatoms. The van der Waals surface area contributed by atoms with Crippen molar-refractivity contribution in [2.75, 3.05) is 112 Å². The van der Waals surface area contributed by atoms with Crippen molar-refractivity contribution < 1.29 is 52.3 Å². The highest BCUT2D eigenvalue weighted by molar-refractivity contribution is 6.12. The van der Waals surface area contributed by atoms with Gasteiger partial charge < -0.3 is 42.7 Å². The molecule has 0 spiro atoms. The zero-order chi connectivity index (χ0) is 25.2. The summed E-state index contributed by atoms with van der Waals surface area (Å²) in [6.07, 6.45) is 3.74. The van der Waals surface area contributed by atoms with Crippen LogP contribution in [0.5, 0.6) is 0 Å². The first-order chi connectivity index (χ1) is 17.3. The van der Waals surface area contributed by atoms with Crippen LogP contribution < -0.4 is 0 Å². The SMILES string of the molecule is O=CCCOCCOCCOCCOCCOCCOCCOCCOCCN1C(=O)C=CC1=O. The van der Waals surface area contributed by atoms with Gasteiger partial charge in [-0.25, -0.2) is 0 Å². The van der Waals surface area contributed by atoms with Crippen LogP contribution in [0.25, 0.3) is 0 Å². The summed E-state index contributed by atoms with van der Waals surface area (Å²) in [7, 11) is 0. The molecule has 202 valence electrons. The molecule has 0 aromatic carbocycles. The molecular formula is C23H39NO11. The molecule has 12 nitrogen and oxygen atoms in total. The van der Waals surface area contributed by atoms with Crippen LogP contribution in [0.4, 0.5) is 0 Å². The topological polar surface area (TPSA) is 128 Å². The molecule has 1 aliphatic rings. The lowest BCUT2D eigenvalue weighted by Gasteiger charge is -2.13. The Bertz CT molecular complexity index is 556. The Kier molecular flexibility index (Phi) is 21.4. The van der Waals surface area contributed by atoms with E-state index in [1.807, 2.05) is 0 Å². The molecule has 35 heavy (non-hydrogen) atoms. The van der Waals surface area contributed by atoms with Crippen LogP contribution >= 0.6 is 0 Å². The Hall–Kier alpha value is -1.77. The molecule has 0 saturated heterocycles. The number of aldehydes is 1. The molecule has 0 radical (unpaired) electrons. The standard InChI is InChI=1S/C23H39NO11/c25-5-1-6-28-8-10-30-12-14-32-16-18-34-20-21-35-19-17-33-15-13-31-11-9-29-7-4-24-22(26)2-3-23(24)27/h2-3,5H,1,4,6-21H2. The summed E-state index contributed by atoms with van der Waals surface area (Å²) in [5, 5.41) is 0. The lowest BCUT2D eigenvalue weighted by Crippen LogP contribution is -2.33. The fourth-order valence-electron chi connectivity index (χ4n) is 2.58. The number of amides is 2. The van der Waals surface area contributed by atoms with Crippen molar-refractivity contribution in [1.82, 2.24) is 4.90 Å². The van der Waals surface area contributed by atoms with Crippen LogP contribution in [0.1, 0.15) is 6.42 Å². The summed E-state index contributed by atoms with van der Waals surface area (Å²) in [6, 6.07) is 0. The predicted octanol–water partition coefficient (Wildman–Crippen LogP) is -0.367. The number of ether oxygens (including phenoxy) is 8. The smallest absolute Gasteiger partial charge is 0.253 e. The number of carbonyl (C=O) groups excluding carboxylic acids is 3. The van der Waals surface area contributed by atoms with Gasteiger partial charge in [-0.2, -0.15) is 0 Å². The van der Waals surface area contributed by atoms with Gasteiger partial charge in [-0.15, -0.1) is 0 Å². The Labute approximate surface area is 206 Å². The average molecular weight is 506 g/mol. The number of nitrogens with zero attached hydrogens (tertiary/aromatic N) is 1. The van der Waals surface area contributed by atoms with Crippen LogP contribution in [-0.4, -0.2) is 135 Å². The zero-order valence-electron chi connectivity index (χ0n) is 20.4. The molecule has 1 aliphatic heterocycles. The van der Waals surface area contributed by atoms with Crippen molar-refractivity contribution in [2.45, 2.75) is 6.42 Å². The second kappa shape index (κ2) is 23.9. The minimum atomic E-state index is -0.307. The van der Waals surface area contributed by atoms with Gasteiger partial charge in [0.15, 0.2) is 0 Å². The van der Waals surface area contributed by atoms with E-state index in [-0.39, 0.29) is 25.0 Å². The maximum absolute atomic E-state index is 11.4. The van der Waals surface area contributed by atoms with E-state index in [4.69, 9.17) is 37.9 Å². The normalized spacial score (nSPS) is 13.3. The first kappa shape index (κ1) is 31.3. The molecule has 0 unspecified atom stereocenters. The third-order valence-corrected chi connectivity index (χ3v) is 4.34. The molecule has 1 rings (SSSR count). The van der Waals surface area contributed by atoms with Gasteiger partial charge in [-0.3, -0.25) is 14.5 Å². The minimum absolute atomic E-state index is 0.241. The monoisotopic (exact) mass is 505 g/mol. The van der Waals surface area contributed by atoms with Crippen LogP contribution in [0, 0.1) is 0 Å². The van der Waals surface area contributed by atoms with Crippen LogP contribution in [-0.2, 0) is 52.3 Å². The third-order valence-electron chi connectivity index (χ3n) is 4.34. The van der Waals surface area contributed by atoms with Crippen LogP contribution in [0.15, 0.2) is 12.2 Å². The van der Waals surface area contributed by atoms with E-state index in [9.17, 15) is 14.4 Å². The Morgan fingerprint density at radius 1 is 0.486 bits per heavy atom. The van der Waals surface area contributed by atoms with Gasteiger partial charge in [0.05, 0.1) is 112 Å². The largest absolute Gasteiger partial charge is 0.379 e. The molecule has 1 heterocycles. The number of imide groups is 1. The summed E-state index contributed by atoms with van der Waals surface area (Å²) < 4.78 is 42.8. The van der Waals surface area contributed by atoms with Crippen LogP contribution in [0.2, 0.25) is 0 Å². The Morgan fingerprint density at radius 3 is 1.09 bits per heavy atom. The molecule has 0 aliphatic carbocycles. The highest BCUT2D eigenvalue weighted by Gasteiger charge is 2.22. The summed E-state index contributed by atoms with van der Waals surface area (Å²) in [4.78, 5) is 33.9. The van der Waals surface area contributed by atoms with Crippen molar-refractivity contribution in [2.24, 2.45) is 0 Å². The number of hydrogen-bond donors (Lipinski definition) is 0. The average Bonchev–Trinajstić information content (AvgIpc) is 3.18. The zero-order valence-corrected chi connectivity index (χ0v) is 20.4. The third kappa shape index (κ3) is 19.1. The highest BCUT2D eigenvalue weighted by atomic mass is 16.6. The molecule has 0 aromatic rings. The van der Waals surface area contributed by atoms with E-state index in [0.29, 0.717) is 106 Å². The van der Waals surface area contributed by atoms with E-state index in [1.165, 1.54) is 12.2 Å². The van der Waals surface area contributed by atoms with Crippen molar-refractivity contribution in [3.63, 3.8) is 0 Å². The molecule has 0 bridgehead atoms. The van der Waals surface area contributed by atoms with Crippen LogP contribution in [0.3, 0.4) is 0 Å². The maximum atomic E-state index is 11.4. The fourth-order valence-corrected chi connectivity index (χ4v) is 2.58. The van der Waals surface area contributed by atoms with Gasteiger partial charge >= 0.3 is 0 Å². The Balaban J connectivity index is 1.65. The second-order valence-electron chi connectivity index (χ2n) is 7.02.